The van der Waals surface area contributed by atoms with Crippen LogP contribution in [-0.2, 0) is 9.59 Å². The maximum absolute atomic E-state index is 12.5. The SMILES string of the molecule is COc1ccc(NCN2C(=O)[C@@H]3[C@@H](C2=O)[C@H]2C=C[C@@H]3C2)cc1. The third kappa shape index (κ3) is 1.85. The number of allylic oxidation sites excluding steroid dienone is 2. The van der Waals surface area contributed by atoms with Crippen LogP contribution in [0.1, 0.15) is 6.42 Å². The van der Waals surface area contributed by atoms with Gasteiger partial charge in [0.05, 0.1) is 25.6 Å². The van der Waals surface area contributed by atoms with Crippen molar-refractivity contribution in [2.24, 2.45) is 23.7 Å². The molecule has 0 spiro atoms. The Bertz CT molecular complexity index is 622. The molecule has 3 aliphatic rings. The summed E-state index contributed by atoms with van der Waals surface area (Å²) in [5, 5.41) is 3.15. The van der Waals surface area contributed by atoms with Crippen molar-refractivity contribution in [3.63, 3.8) is 0 Å². The van der Waals surface area contributed by atoms with Crippen molar-refractivity contribution in [3.8, 4) is 5.75 Å². The Balaban J connectivity index is 1.45. The molecule has 1 saturated heterocycles. The normalized spacial score (nSPS) is 31.8. The number of benzene rings is 1. The first-order chi connectivity index (χ1) is 10.7. The first-order valence-electron chi connectivity index (χ1n) is 7.60. The molecule has 1 aromatic rings. The highest BCUT2D eigenvalue weighted by Crippen LogP contribution is 2.52. The van der Waals surface area contributed by atoms with E-state index in [2.05, 4.69) is 17.5 Å². The van der Waals surface area contributed by atoms with Gasteiger partial charge in [0.25, 0.3) is 0 Å². The van der Waals surface area contributed by atoms with E-state index in [1.807, 2.05) is 24.3 Å². The molecule has 0 radical (unpaired) electrons. The molecule has 1 heterocycles. The molecule has 114 valence electrons. The van der Waals surface area contributed by atoms with Gasteiger partial charge in [0, 0.05) is 5.69 Å². The summed E-state index contributed by atoms with van der Waals surface area (Å²) in [4.78, 5) is 26.4. The van der Waals surface area contributed by atoms with Gasteiger partial charge >= 0.3 is 0 Å². The fourth-order valence-electron chi connectivity index (χ4n) is 4.00. The van der Waals surface area contributed by atoms with Crippen LogP contribution < -0.4 is 10.1 Å². The van der Waals surface area contributed by atoms with Crippen molar-refractivity contribution in [1.82, 2.24) is 4.90 Å². The molecule has 2 aliphatic carbocycles. The Morgan fingerprint density at radius 2 is 1.68 bits per heavy atom. The van der Waals surface area contributed by atoms with Crippen LogP contribution in [0.15, 0.2) is 36.4 Å². The highest BCUT2D eigenvalue weighted by atomic mass is 16.5. The van der Waals surface area contributed by atoms with Gasteiger partial charge in [-0.15, -0.1) is 0 Å². The second-order valence-corrected chi connectivity index (χ2v) is 6.17. The second-order valence-electron chi connectivity index (χ2n) is 6.17. The lowest BCUT2D eigenvalue weighted by molar-refractivity contribution is -0.140. The van der Waals surface area contributed by atoms with Crippen LogP contribution in [0.3, 0.4) is 0 Å². The largest absolute Gasteiger partial charge is 0.497 e. The lowest BCUT2D eigenvalue weighted by Crippen LogP contribution is -2.37. The molecule has 2 amide bonds. The average molecular weight is 298 g/mol. The summed E-state index contributed by atoms with van der Waals surface area (Å²) in [6.45, 7) is 0.233. The lowest BCUT2D eigenvalue weighted by Gasteiger charge is -2.18. The van der Waals surface area contributed by atoms with Gasteiger partial charge in [0.15, 0.2) is 0 Å². The summed E-state index contributed by atoms with van der Waals surface area (Å²) in [7, 11) is 1.62. The summed E-state index contributed by atoms with van der Waals surface area (Å²) in [5.41, 5.74) is 0.861. The Morgan fingerprint density at radius 3 is 2.23 bits per heavy atom. The zero-order valence-electron chi connectivity index (χ0n) is 12.4. The molecule has 1 aromatic carbocycles. The van der Waals surface area contributed by atoms with Crippen LogP contribution in [0.5, 0.6) is 5.75 Å². The third-order valence-corrected chi connectivity index (χ3v) is 5.09. The number of amides is 2. The van der Waals surface area contributed by atoms with E-state index < -0.39 is 0 Å². The zero-order valence-corrected chi connectivity index (χ0v) is 12.4. The number of ether oxygens (including phenoxy) is 1. The molecule has 22 heavy (non-hydrogen) atoms. The number of nitrogens with zero attached hydrogens (tertiary/aromatic N) is 1. The first-order valence-corrected chi connectivity index (χ1v) is 7.60. The smallest absolute Gasteiger partial charge is 0.235 e. The molecule has 2 fully saturated rings. The van der Waals surface area contributed by atoms with Gasteiger partial charge in [-0.2, -0.15) is 0 Å². The first kappa shape index (κ1) is 13.4. The number of carbonyl (C=O) groups is 2. The van der Waals surface area contributed by atoms with E-state index >= 15 is 0 Å². The fraction of sp³-hybridized carbons (Fsp3) is 0.412. The number of methoxy groups -OCH3 is 1. The average Bonchev–Trinajstić information content (AvgIpc) is 3.21. The standard InChI is InChI=1S/C17H18N2O3/c1-22-13-6-4-12(5-7-13)18-9-19-16(20)14-10-2-3-11(8-10)15(14)17(19)21/h2-7,10-11,14-15,18H,8-9H2,1H3/t10-,11+,14-,15-/m0/s1. The molecule has 1 N–H and O–H groups in total. The lowest BCUT2D eigenvalue weighted by atomic mass is 9.85. The van der Waals surface area contributed by atoms with E-state index in [4.69, 9.17) is 4.74 Å². The highest BCUT2D eigenvalue weighted by Gasteiger charge is 2.59. The molecule has 2 bridgehead atoms. The van der Waals surface area contributed by atoms with Crippen LogP contribution in [-0.4, -0.2) is 30.5 Å². The van der Waals surface area contributed by atoms with Crippen molar-refractivity contribution in [2.75, 3.05) is 19.1 Å². The van der Waals surface area contributed by atoms with Crippen LogP contribution in [0, 0.1) is 23.7 Å². The molecule has 0 unspecified atom stereocenters. The quantitative estimate of drug-likeness (QED) is 0.681. The molecule has 5 heteroatoms. The molecular formula is C17H18N2O3. The molecule has 4 rings (SSSR count). The van der Waals surface area contributed by atoms with E-state index in [0.29, 0.717) is 0 Å². The number of hydrogen-bond acceptors (Lipinski definition) is 4. The molecule has 1 aliphatic heterocycles. The Hall–Kier alpha value is -2.30. The van der Waals surface area contributed by atoms with E-state index in [-0.39, 0.29) is 42.2 Å². The summed E-state index contributed by atoms with van der Waals surface area (Å²) in [6, 6.07) is 7.43. The van der Waals surface area contributed by atoms with Crippen LogP contribution in [0.4, 0.5) is 5.69 Å². The maximum atomic E-state index is 12.5. The number of carbonyl (C=O) groups excluding carboxylic acids is 2. The van der Waals surface area contributed by atoms with Crippen molar-refractivity contribution < 1.29 is 14.3 Å². The molecule has 1 saturated carbocycles. The van der Waals surface area contributed by atoms with Crippen LogP contribution in [0.25, 0.3) is 0 Å². The topological polar surface area (TPSA) is 58.6 Å². The van der Waals surface area contributed by atoms with Gasteiger partial charge in [-0.3, -0.25) is 14.5 Å². The minimum atomic E-state index is -0.125. The van der Waals surface area contributed by atoms with E-state index in [1.54, 1.807) is 7.11 Å². The van der Waals surface area contributed by atoms with Crippen LogP contribution >= 0.6 is 0 Å². The third-order valence-electron chi connectivity index (χ3n) is 5.09. The summed E-state index contributed by atoms with van der Waals surface area (Å²) in [5.74, 6) is 1.01. The number of hydrogen-bond donors (Lipinski definition) is 1. The monoisotopic (exact) mass is 298 g/mol. The number of rotatable bonds is 4. The number of nitrogens with one attached hydrogen (secondary N) is 1. The highest BCUT2D eigenvalue weighted by molar-refractivity contribution is 6.06. The Labute approximate surface area is 128 Å². The zero-order chi connectivity index (χ0) is 15.3. The summed E-state index contributed by atoms with van der Waals surface area (Å²) >= 11 is 0. The predicted molar refractivity (Wildman–Crippen MR) is 81.1 cm³/mol. The van der Waals surface area contributed by atoms with Gasteiger partial charge < -0.3 is 10.1 Å². The van der Waals surface area contributed by atoms with Crippen molar-refractivity contribution in [2.45, 2.75) is 6.42 Å². The van der Waals surface area contributed by atoms with Crippen LogP contribution in [0.2, 0.25) is 0 Å². The van der Waals surface area contributed by atoms with Crippen molar-refractivity contribution in [3.05, 3.63) is 36.4 Å². The van der Waals surface area contributed by atoms with Gasteiger partial charge in [-0.1, -0.05) is 12.2 Å². The number of likely N-dealkylation sites (tertiary alicyclic amines) is 1. The van der Waals surface area contributed by atoms with Gasteiger partial charge in [0.1, 0.15) is 5.75 Å². The van der Waals surface area contributed by atoms with Crippen molar-refractivity contribution in [1.29, 1.82) is 0 Å². The number of anilines is 1. The molecule has 4 atom stereocenters. The maximum Gasteiger partial charge on any atom is 0.235 e. The Kier molecular flexibility index (Phi) is 2.96. The Morgan fingerprint density at radius 1 is 1.09 bits per heavy atom. The molecule has 0 aromatic heterocycles. The van der Waals surface area contributed by atoms with Gasteiger partial charge in [0.2, 0.25) is 11.8 Å². The van der Waals surface area contributed by atoms with E-state index in [1.165, 1.54) is 4.90 Å². The van der Waals surface area contributed by atoms with Gasteiger partial charge in [-0.05, 0) is 42.5 Å². The minimum Gasteiger partial charge on any atom is -0.497 e. The van der Waals surface area contributed by atoms with Gasteiger partial charge in [-0.25, -0.2) is 0 Å². The molecular weight excluding hydrogens is 280 g/mol. The predicted octanol–water partition coefficient (Wildman–Crippen LogP) is 1.87. The van der Waals surface area contributed by atoms with E-state index in [9.17, 15) is 9.59 Å². The second kappa shape index (κ2) is 4.87. The minimum absolute atomic E-state index is 0.0205. The summed E-state index contributed by atoms with van der Waals surface area (Å²) in [6.07, 6.45) is 5.18. The summed E-state index contributed by atoms with van der Waals surface area (Å²) < 4.78 is 5.11. The number of fused-ring (bicyclic) bond motifs is 5. The van der Waals surface area contributed by atoms with Crippen molar-refractivity contribution >= 4 is 17.5 Å². The number of imide groups is 1. The fourth-order valence-corrected chi connectivity index (χ4v) is 4.00. The van der Waals surface area contributed by atoms with E-state index in [0.717, 1.165) is 17.9 Å². The molecule has 5 nitrogen and oxygen atoms in total.